The van der Waals surface area contributed by atoms with Gasteiger partial charge in [-0.25, -0.2) is 4.79 Å². The maximum Gasteiger partial charge on any atom is 0.410 e. The minimum absolute atomic E-state index is 0.00585. The topological polar surface area (TPSA) is 54.6 Å². The van der Waals surface area contributed by atoms with Crippen LogP contribution in [-0.4, -0.2) is 54.1 Å². The Morgan fingerprint density at radius 3 is 2.83 bits per heavy atom. The molecule has 4 fully saturated rings. The first kappa shape index (κ1) is 15.5. The number of likely N-dealkylation sites (tertiary alicyclic amines) is 1. The average molecular weight is 321 g/mol. The van der Waals surface area contributed by atoms with Crippen molar-refractivity contribution in [3.05, 3.63) is 12.2 Å². The quantitative estimate of drug-likeness (QED) is 0.590. The van der Waals surface area contributed by atoms with Crippen LogP contribution in [-0.2, 0) is 14.2 Å². The Morgan fingerprint density at radius 2 is 2.22 bits per heavy atom. The van der Waals surface area contributed by atoms with Gasteiger partial charge in [-0.3, -0.25) is 0 Å². The lowest BCUT2D eigenvalue weighted by Gasteiger charge is -2.38. The van der Waals surface area contributed by atoms with Crippen molar-refractivity contribution in [2.75, 3.05) is 19.7 Å². The summed E-state index contributed by atoms with van der Waals surface area (Å²) in [5.41, 5.74) is -0.142. The van der Waals surface area contributed by atoms with E-state index in [1.54, 1.807) is 4.90 Å². The number of nitrogens with zero attached hydrogens (tertiary/aromatic N) is 1. The monoisotopic (exact) mass is 321 g/mol. The first-order valence-corrected chi connectivity index (χ1v) is 8.96. The highest BCUT2D eigenvalue weighted by Gasteiger charge is 2.68. The first-order chi connectivity index (χ1) is 11.1. The van der Waals surface area contributed by atoms with Crippen molar-refractivity contribution in [2.24, 2.45) is 5.92 Å². The summed E-state index contributed by atoms with van der Waals surface area (Å²) in [6.45, 7) is 6.76. The number of ether oxygens (including phenoxy) is 3. The van der Waals surface area contributed by atoms with Gasteiger partial charge in [0.2, 0.25) is 0 Å². The molecule has 0 radical (unpaired) electrons. The van der Waals surface area contributed by atoms with E-state index < -0.39 is 0 Å². The third-order valence-corrected chi connectivity index (χ3v) is 6.18. The van der Waals surface area contributed by atoms with Crippen LogP contribution in [0, 0.1) is 5.92 Å². The van der Waals surface area contributed by atoms with Crippen LogP contribution in [0.3, 0.4) is 0 Å². The van der Waals surface area contributed by atoms with E-state index in [4.69, 9.17) is 14.2 Å². The Morgan fingerprint density at radius 1 is 1.43 bits per heavy atom. The van der Waals surface area contributed by atoms with Crippen LogP contribution >= 0.6 is 0 Å². The van der Waals surface area contributed by atoms with Gasteiger partial charge in [-0.05, 0) is 46.0 Å². The van der Waals surface area contributed by atoms with Crippen molar-refractivity contribution in [2.45, 2.75) is 69.4 Å². The van der Waals surface area contributed by atoms with Gasteiger partial charge >= 0.3 is 6.09 Å². The van der Waals surface area contributed by atoms with Crippen molar-refractivity contribution in [1.29, 1.82) is 0 Å². The van der Waals surface area contributed by atoms with E-state index in [-0.39, 0.29) is 29.5 Å². The molecule has 23 heavy (non-hydrogen) atoms. The van der Waals surface area contributed by atoms with Crippen LogP contribution in [0.4, 0.5) is 4.79 Å². The van der Waals surface area contributed by atoms with E-state index in [1.807, 2.05) is 6.92 Å². The third kappa shape index (κ3) is 2.68. The van der Waals surface area contributed by atoms with Crippen molar-refractivity contribution in [3.63, 3.8) is 0 Å². The van der Waals surface area contributed by atoms with E-state index in [1.165, 1.54) is 0 Å². The number of epoxide rings is 2. The molecule has 0 unspecified atom stereocenters. The zero-order valence-electron chi connectivity index (χ0n) is 14.1. The number of carbonyl (C=O) groups is 1. The molecule has 1 amide bonds. The van der Waals surface area contributed by atoms with E-state index >= 15 is 0 Å². The number of amides is 1. The van der Waals surface area contributed by atoms with Crippen LogP contribution in [0.25, 0.3) is 0 Å². The van der Waals surface area contributed by atoms with Gasteiger partial charge in [0, 0.05) is 19.0 Å². The number of carbonyl (C=O) groups excluding carboxylic acids is 1. The Hall–Kier alpha value is -1.07. The lowest BCUT2D eigenvalue weighted by Crippen LogP contribution is -2.47. The third-order valence-electron chi connectivity index (χ3n) is 6.18. The van der Waals surface area contributed by atoms with Crippen molar-refractivity contribution >= 4 is 6.09 Å². The SMILES string of the molecule is CC=CC[C@H]1O[C@]1(C)[C@H]1C[C@H](OC(=O)N2CCC2)CC[C@]12CO2. The second-order valence-electron chi connectivity index (χ2n) is 7.62. The maximum atomic E-state index is 12.1. The van der Waals surface area contributed by atoms with E-state index in [0.717, 1.165) is 51.8 Å². The van der Waals surface area contributed by atoms with Crippen molar-refractivity contribution < 1.29 is 19.0 Å². The summed E-state index contributed by atoms with van der Waals surface area (Å²) in [6.07, 6.45) is 9.18. The molecule has 0 aromatic rings. The van der Waals surface area contributed by atoms with Gasteiger partial charge in [-0.15, -0.1) is 0 Å². The molecule has 3 heterocycles. The Labute approximate surface area is 137 Å². The fourth-order valence-electron chi connectivity index (χ4n) is 4.31. The molecule has 1 aliphatic carbocycles. The second kappa shape index (κ2) is 5.49. The van der Waals surface area contributed by atoms with Crippen molar-refractivity contribution in [3.8, 4) is 0 Å². The number of hydrogen-bond donors (Lipinski definition) is 0. The predicted octanol–water partition coefficient (Wildman–Crippen LogP) is 2.89. The highest BCUT2D eigenvalue weighted by Crippen LogP contribution is 2.59. The van der Waals surface area contributed by atoms with Crippen LogP contribution in [0.15, 0.2) is 12.2 Å². The maximum absolute atomic E-state index is 12.1. The summed E-state index contributed by atoms with van der Waals surface area (Å²) in [7, 11) is 0. The second-order valence-corrected chi connectivity index (χ2v) is 7.62. The molecule has 0 aromatic carbocycles. The smallest absolute Gasteiger partial charge is 0.410 e. The molecule has 0 N–H and O–H groups in total. The Kier molecular flexibility index (Phi) is 3.69. The molecule has 128 valence electrons. The van der Waals surface area contributed by atoms with Gasteiger partial charge in [0.05, 0.1) is 23.9 Å². The number of rotatable bonds is 4. The minimum Gasteiger partial charge on any atom is -0.446 e. The fraction of sp³-hybridized carbons (Fsp3) is 0.833. The highest BCUT2D eigenvalue weighted by molar-refractivity contribution is 5.68. The molecule has 5 nitrogen and oxygen atoms in total. The lowest BCUT2D eigenvalue weighted by molar-refractivity contribution is -0.0151. The zero-order chi connectivity index (χ0) is 16.1. The molecule has 0 bridgehead atoms. The summed E-state index contributed by atoms with van der Waals surface area (Å²) in [4.78, 5) is 13.9. The molecular weight excluding hydrogens is 294 g/mol. The van der Waals surface area contributed by atoms with Crippen molar-refractivity contribution in [1.82, 2.24) is 4.90 Å². The molecule has 4 aliphatic rings. The summed E-state index contributed by atoms with van der Waals surface area (Å²) in [6, 6.07) is 0. The van der Waals surface area contributed by atoms with E-state index in [2.05, 4.69) is 19.1 Å². The Balaban J connectivity index is 1.40. The van der Waals surface area contributed by atoms with Gasteiger partial charge in [0.25, 0.3) is 0 Å². The van der Waals surface area contributed by atoms with Gasteiger partial charge in [0.15, 0.2) is 0 Å². The van der Waals surface area contributed by atoms with Crippen LogP contribution in [0.2, 0.25) is 0 Å². The number of hydrogen-bond acceptors (Lipinski definition) is 4. The first-order valence-electron chi connectivity index (χ1n) is 8.96. The summed E-state index contributed by atoms with van der Waals surface area (Å²) < 4.78 is 17.7. The van der Waals surface area contributed by atoms with Gasteiger partial charge < -0.3 is 19.1 Å². The van der Waals surface area contributed by atoms with Crippen LogP contribution < -0.4 is 0 Å². The molecule has 3 aliphatic heterocycles. The molecule has 4 rings (SSSR count). The molecule has 1 spiro atoms. The Bertz CT molecular complexity index is 511. The fourth-order valence-corrected chi connectivity index (χ4v) is 4.31. The summed E-state index contributed by atoms with van der Waals surface area (Å²) in [5, 5.41) is 0. The number of allylic oxidation sites excluding steroid dienone is 1. The van der Waals surface area contributed by atoms with E-state index in [0.29, 0.717) is 5.92 Å². The highest BCUT2D eigenvalue weighted by atomic mass is 16.6. The summed E-state index contributed by atoms with van der Waals surface area (Å²) >= 11 is 0. The van der Waals surface area contributed by atoms with Gasteiger partial charge in [-0.2, -0.15) is 0 Å². The predicted molar refractivity (Wildman–Crippen MR) is 85.2 cm³/mol. The molecule has 0 aromatic heterocycles. The minimum atomic E-state index is -0.139. The molecule has 5 heteroatoms. The molecular formula is C18H27NO4. The standard InChI is InChI=1S/C18H27NO4/c1-3-4-6-15-17(2,23-15)14-11-13(7-8-18(14)12-21-18)22-16(20)19-9-5-10-19/h3-4,13-15H,5-12H2,1-2H3/t13-,14-,15-,17-,18+/m1/s1. The summed E-state index contributed by atoms with van der Waals surface area (Å²) in [5.74, 6) is 0.327. The molecule has 3 saturated heterocycles. The van der Waals surface area contributed by atoms with Crippen LogP contribution in [0.1, 0.15) is 46.0 Å². The largest absolute Gasteiger partial charge is 0.446 e. The van der Waals surface area contributed by atoms with Gasteiger partial charge in [0.1, 0.15) is 6.10 Å². The normalized spacial score (nSPS) is 45.1. The lowest BCUT2D eigenvalue weighted by atomic mass is 9.70. The zero-order valence-corrected chi connectivity index (χ0v) is 14.1. The molecule has 5 atom stereocenters. The molecule has 1 saturated carbocycles. The average Bonchev–Trinajstić information content (AvgIpc) is 3.36. The van der Waals surface area contributed by atoms with Gasteiger partial charge in [-0.1, -0.05) is 12.2 Å². The van der Waals surface area contributed by atoms with Crippen LogP contribution in [0.5, 0.6) is 0 Å². The van der Waals surface area contributed by atoms with E-state index in [9.17, 15) is 4.79 Å².